The number of aromatic nitrogens is 2. The van der Waals surface area contributed by atoms with Gasteiger partial charge in [-0.1, -0.05) is 24.3 Å². The molecule has 0 fully saturated rings. The van der Waals surface area contributed by atoms with Crippen molar-refractivity contribution in [3.05, 3.63) is 81.9 Å². The number of amides is 2. The highest BCUT2D eigenvalue weighted by molar-refractivity contribution is 7.89. The van der Waals surface area contributed by atoms with Gasteiger partial charge in [0.2, 0.25) is 0 Å². The lowest BCUT2D eigenvalue weighted by Gasteiger charge is -2.24. The molecule has 2 aromatic carbocycles. The maximum absolute atomic E-state index is 13.5. The van der Waals surface area contributed by atoms with Crippen LogP contribution in [0.3, 0.4) is 0 Å². The average molecular weight is 477 g/mol. The molecule has 1 aliphatic rings. The molecule has 0 bridgehead atoms. The summed E-state index contributed by atoms with van der Waals surface area (Å²) in [6.45, 7) is 2.17. The molecule has 2 N–H and O–H groups in total. The highest BCUT2D eigenvalue weighted by Gasteiger charge is 2.28. The van der Waals surface area contributed by atoms with Crippen LogP contribution in [-0.4, -0.2) is 30.3 Å². The Morgan fingerprint density at radius 1 is 1.15 bits per heavy atom. The quantitative estimate of drug-likeness (QED) is 0.467. The SMILES string of the molecule is Cc1ccccc1NC(=O)N1Cc2c[nH]c3c(=O)n(C)cc(c23)-c2cc(CS(C)(=O)=O)ccc21. The van der Waals surface area contributed by atoms with Crippen LogP contribution in [0.15, 0.2) is 59.7 Å². The number of para-hydroxylation sites is 1. The Morgan fingerprint density at radius 2 is 1.91 bits per heavy atom. The second-order valence-electron chi connectivity index (χ2n) is 8.78. The van der Waals surface area contributed by atoms with Crippen LogP contribution in [0.5, 0.6) is 0 Å². The fraction of sp³-hybridized carbons (Fsp3) is 0.200. The van der Waals surface area contributed by atoms with Crippen molar-refractivity contribution >= 4 is 38.1 Å². The topological polar surface area (TPSA) is 104 Å². The van der Waals surface area contributed by atoms with Crippen molar-refractivity contribution in [2.24, 2.45) is 7.05 Å². The van der Waals surface area contributed by atoms with Crippen molar-refractivity contribution in [1.82, 2.24) is 9.55 Å². The zero-order valence-corrected chi connectivity index (χ0v) is 19.9. The van der Waals surface area contributed by atoms with Crippen LogP contribution in [0, 0.1) is 6.92 Å². The third-order valence-electron chi connectivity index (χ3n) is 6.12. The Hall–Kier alpha value is -3.85. The summed E-state index contributed by atoms with van der Waals surface area (Å²) in [6, 6.07) is 12.5. The lowest BCUT2D eigenvalue weighted by Crippen LogP contribution is -2.34. The average Bonchev–Trinajstić information content (AvgIpc) is 3.14. The normalized spacial score (nSPS) is 13.0. The molecule has 9 heteroatoms. The monoisotopic (exact) mass is 476 g/mol. The van der Waals surface area contributed by atoms with Gasteiger partial charge in [-0.25, -0.2) is 13.2 Å². The van der Waals surface area contributed by atoms with Gasteiger partial charge in [0.05, 0.1) is 18.0 Å². The summed E-state index contributed by atoms with van der Waals surface area (Å²) in [4.78, 5) is 31.0. The molecule has 34 heavy (non-hydrogen) atoms. The number of urea groups is 1. The zero-order valence-electron chi connectivity index (χ0n) is 19.0. The molecular formula is C25H24N4O4S. The second-order valence-corrected chi connectivity index (χ2v) is 10.9. The highest BCUT2D eigenvalue weighted by atomic mass is 32.2. The smallest absolute Gasteiger partial charge is 0.326 e. The second kappa shape index (κ2) is 7.88. The number of H-pyrrole nitrogens is 1. The van der Waals surface area contributed by atoms with Crippen molar-refractivity contribution in [3.8, 4) is 11.1 Å². The van der Waals surface area contributed by atoms with E-state index in [-0.39, 0.29) is 23.9 Å². The Bertz CT molecular complexity index is 1630. The molecule has 2 amide bonds. The number of nitrogens with zero attached hydrogens (tertiary/aromatic N) is 2. The zero-order chi connectivity index (χ0) is 24.2. The molecule has 2 aromatic heterocycles. The summed E-state index contributed by atoms with van der Waals surface area (Å²) in [5.41, 5.74) is 5.45. The Morgan fingerprint density at radius 3 is 2.65 bits per heavy atom. The molecule has 0 saturated carbocycles. The van der Waals surface area contributed by atoms with Crippen LogP contribution < -0.4 is 15.8 Å². The minimum atomic E-state index is -3.26. The van der Waals surface area contributed by atoms with Crippen molar-refractivity contribution in [2.45, 2.75) is 19.2 Å². The fourth-order valence-corrected chi connectivity index (χ4v) is 5.31. The van der Waals surface area contributed by atoms with Gasteiger partial charge < -0.3 is 14.9 Å². The number of hydrogen-bond donors (Lipinski definition) is 2. The number of carbonyl (C=O) groups is 1. The van der Waals surface area contributed by atoms with Crippen molar-refractivity contribution in [1.29, 1.82) is 0 Å². The molecule has 0 atom stereocenters. The third kappa shape index (κ3) is 3.77. The number of hydrogen-bond acceptors (Lipinski definition) is 4. The van der Waals surface area contributed by atoms with Crippen molar-refractivity contribution < 1.29 is 13.2 Å². The summed E-state index contributed by atoms with van der Waals surface area (Å²) in [5.74, 6) is -0.120. The molecule has 0 saturated heterocycles. The van der Waals surface area contributed by atoms with Gasteiger partial charge in [-0.15, -0.1) is 0 Å². The van der Waals surface area contributed by atoms with E-state index in [1.54, 1.807) is 42.5 Å². The third-order valence-corrected chi connectivity index (χ3v) is 6.98. The molecule has 3 heterocycles. The highest BCUT2D eigenvalue weighted by Crippen LogP contribution is 2.41. The van der Waals surface area contributed by atoms with E-state index in [0.29, 0.717) is 28.0 Å². The van der Waals surface area contributed by atoms with Crippen LogP contribution in [0.4, 0.5) is 16.2 Å². The number of anilines is 2. The first kappa shape index (κ1) is 22.0. The molecule has 0 aliphatic carbocycles. The number of benzene rings is 2. The minimum absolute atomic E-state index is 0.120. The summed E-state index contributed by atoms with van der Waals surface area (Å²) >= 11 is 0. The summed E-state index contributed by atoms with van der Waals surface area (Å²) < 4.78 is 25.4. The first-order chi connectivity index (χ1) is 16.1. The van der Waals surface area contributed by atoms with E-state index in [1.165, 1.54) is 10.8 Å². The first-order valence-electron chi connectivity index (χ1n) is 10.8. The van der Waals surface area contributed by atoms with E-state index in [0.717, 1.165) is 22.1 Å². The molecule has 174 valence electrons. The number of sulfone groups is 1. The van der Waals surface area contributed by atoms with Gasteiger partial charge in [0.25, 0.3) is 5.56 Å². The van der Waals surface area contributed by atoms with Gasteiger partial charge in [0, 0.05) is 47.9 Å². The van der Waals surface area contributed by atoms with Crippen LogP contribution in [-0.2, 0) is 29.2 Å². The Kier molecular flexibility index (Phi) is 5.09. The number of carbonyl (C=O) groups excluding carboxylic acids is 1. The Balaban J connectivity index is 1.71. The van der Waals surface area contributed by atoms with E-state index in [1.807, 2.05) is 31.2 Å². The predicted octanol–water partition coefficient (Wildman–Crippen LogP) is 3.94. The molecule has 0 spiro atoms. The van der Waals surface area contributed by atoms with Crippen LogP contribution in [0.25, 0.3) is 22.0 Å². The molecule has 4 aromatic rings. The number of rotatable bonds is 3. The maximum atomic E-state index is 13.5. The van der Waals surface area contributed by atoms with Gasteiger partial charge in [0.15, 0.2) is 9.84 Å². The number of aryl methyl sites for hydroxylation is 2. The fourth-order valence-electron chi connectivity index (χ4n) is 4.52. The number of aromatic amines is 1. The van der Waals surface area contributed by atoms with Crippen LogP contribution in [0.1, 0.15) is 16.7 Å². The molecule has 5 rings (SSSR count). The predicted molar refractivity (Wildman–Crippen MR) is 134 cm³/mol. The minimum Gasteiger partial charge on any atom is -0.356 e. The van der Waals surface area contributed by atoms with Gasteiger partial charge in [0.1, 0.15) is 5.52 Å². The van der Waals surface area contributed by atoms with E-state index in [2.05, 4.69) is 10.3 Å². The molecule has 1 aliphatic heterocycles. The molecular weight excluding hydrogens is 452 g/mol. The van der Waals surface area contributed by atoms with Gasteiger partial charge in [-0.2, -0.15) is 0 Å². The molecule has 0 unspecified atom stereocenters. The maximum Gasteiger partial charge on any atom is 0.326 e. The van der Waals surface area contributed by atoms with Gasteiger partial charge >= 0.3 is 6.03 Å². The number of fused-ring (bicyclic) bond motifs is 2. The van der Waals surface area contributed by atoms with Gasteiger partial charge in [-0.3, -0.25) is 9.69 Å². The Labute approximate surface area is 196 Å². The number of nitrogens with one attached hydrogen (secondary N) is 2. The largest absolute Gasteiger partial charge is 0.356 e. The van der Waals surface area contributed by atoms with E-state index in [9.17, 15) is 18.0 Å². The lowest BCUT2D eigenvalue weighted by atomic mass is 9.99. The van der Waals surface area contributed by atoms with E-state index >= 15 is 0 Å². The molecule has 0 radical (unpaired) electrons. The standard InChI is InChI=1S/C25H24N4O4S/c1-15-6-4-5-7-20(15)27-25(31)29-12-17-11-26-23-22(17)19(13-28(2)24(23)30)18-10-16(8-9-21(18)29)14-34(3,32)33/h4-11,13,26H,12,14H2,1-3H3,(H,27,31). The first-order valence-corrected chi connectivity index (χ1v) is 12.8. The molecule has 8 nitrogen and oxygen atoms in total. The number of pyridine rings is 1. The summed E-state index contributed by atoms with van der Waals surface area (Å²) in [5, 5.41) is 3.73. The lowest BCUT2D eigenvalue weighted by molar-refractivity contribution is 0.256. The summed E-state index contributed by atoms with van der Waals surface area (Å²) in [7, 11) is -1.59. The van der Waals surface area contributed by atoms with E-state index < -0.39 is 9.84 Å². The summed E-state index contributed by atoms with van der Waals surface area (Å²) in [6.07, 6.45) is 4.69. The van der Waals surface area contributed by atoms with Crippen LogP contribution in [0.2, 0.25) is 0 Å². The van der Waals surface area contributed by atoms with Gasteiger partial charge in [-0.05, 0) is 41.8 Å². The van der Waals surface area contributed by atoms with E-state index in [4.69, 9.17) is 0 Å². The van der Waals surface area contributed by atoms with Crippen molar-refractivity contribution in [2.75, 3.05) is 16.5 Å². The van der Waals surface area contributed by atoms with Crippen molar-refractivity contribution in [3.63, 3.8) is 0 Å². The van der Waals surface area contributed by atoms with Crippen LogP contribution >= 0.6 is 0 Å².